The highest BCUT2D eigenvalue weighted by Crippen LogP contribution is 2.31. The van der Waals surface area contributed by atoms with E-state index in [0.29, 0.717) is 34.4 Å². The van der Waals surface area contributed by atoms with E-state index in [9.17, 15) is 4.79 Å². The predicted molar refractivity (Wildman–Crippen MR) is 103 cm³/mol. The molecule has 1 N–H and O–H groups in total. The van der Waals surface area contributed by atoms with Gasteiger partial charge in [0.25, 0.3) is 0 Å². The molecule has 0 fully saturated rings. The number of aliphatic carboxylic acids is 1. The standard InChI is InChI=1S/C21H16ClNO4/c22-17-4-1-5-19(11-17)27-20-12-18(8-6-16(20)7-9-21(24)25)26-14-15-3-2-10-23-13-15/h1-13H,14H2,(H,24,25)/b9-7+. The molecule has 136 valence electrons. The first-order valence-corrected chi connectivity index (χ1v) is 8.48. The lowest BCUT2D eigenvalue weighted by Crippen LogP contribution is -1.97. The van der Waals surface area contributed by atoms with Gasteiger partial charge in [-0.2, -0.15) is 0 Å². The molecule has 0 aliphatic rings. The lowest BCUT2D eigenvalue weighted by molar-refractivity contribution is -0.131. The summed E-state index contributed by atoms with van der Waals surface area (Å²) in [6, 6.07) is 15.9. The first-order chi connectivity index (χ1) is 13.1. The minimum atomic E-state index is -1.04. The number of ether oxygens (including phenoxy) is 2. The van der Waals surface area contributed by atoms with Crippen LogP contribution in [0.4, 0.5) is 0 Å². The average molecular weight is 382 g/mol. The number of aromatic nitrogens is 1. The Balaban J connectivity index is 1.85. The Kier molecular flexibility index (Phi) is 6.07. The second-order valence-electron chi connectivity index (χ2n) is 5.58. The molecule has 0 aliphatic heterocycles. The summed E-state index contributed by atoms with van der Waals surface area (Å²) in [5, 5.41) is 9.42. The van der Waals surface area contributed by atoms with Gasteiger partial charge in [-0.05, 0) is 42.5 Å². The smallest absolute Gasteiger partial charge is 0.328 e. The molecule has 1 heterocycles. The molecule has 0 aliphatic carbocycles. The molecule has 0 amide bonds. The second-order valence-corrected chi connectivity index (χ2v) is 6.02. The number of carbonyl (C=O) groups is 1. The zero-order chi connectivity index (χ0) is 19.1. The third kappa shape index (κ3) is 5.59. The number of hydrogen-bond donors (Lipinski definition) is 1. The molecular weight excluding hydrogens is 366 g/mol. The number of rotatable bonds is 7. The Hall–Kier alpha value is -3.31. The molecule has 0 bridgehead atoms. The minimum absolute atomic E-state index is 0.356. The molecule has 3 rings (SSSR count). The van der Waals surface area contributed by atoms with Crippen LogP contribution in [0.25, 0.3) is 6.08 Å². The van der Waals surface area contributed by atoms with Crippen molar-refractivity contribution in [2.75, 3.05) is 0 Å². The maximum atomic E-state index is 10.8. The Bertz CT molecular complexity index is 957. The SMILES string of the molecule is O=C(O)/C=C/c1ccc(OCc2cccnc2)cc1Oc1cccc(Cl)c1. The predicted octanol–water partition coefficient (Wildman–Crippen LogP) is 5.20. The fourth-order valence-corrected chi connectivity index (χ4v) is 2.48. The molecule has 0 atom stereocenters. The lowest BCUT2D eigenvalue weighted by atomic mass is 10.1. The van der Waals surface area contributed by atoms with E-state index in [0.717, 1.165) is 11.6 Å². The van der Waals surface area contributed by atoms with E-state index < -0.39 is 5.97 Å². The van der Waals surface area contributed by atoms with Crippen LogP contribution >= 0.6 is 11.6 Å². The van der Waals surface area contributed by atoms with Gasteiger partial charge in [0.2, 0.25) is 0 Å². The van der Waals surface area contributed by atoms with Crippen LogP contribution in [0.15, 0.2) is 73.1 Å². The molecular formula is C21H16ClNO4. The van der Waals surface area contributed by atoms with Crippen LogP contribution in [0.5, 0.6) is 17.2 Å². The monoisotopic (exact) mass is 381 g/mol. The minimum Gasteiger partial charge on any atom is -0.489 e. The van der Waals surface area contributed by atoms with Crippen LogP contribution in [0.3, 0.4) is 0 Å². The van der Waals surface area contributed by atoms with Gasteiger partial charge in [-0.3, -0.25) is 4.98 Å². The van der Waals surface area contributed by atoms with Crippen molar-refractivity contribution < 1.29 is 19.4 Å². The molecule has 0 unspecified atom stereocenters. The summed E-state index contributed by atoms with van der Waals surface area (Å²) < 4.78 is 11.7. The van der Waals surface area contributed by atoms with Gasteiger partial charge in [0.15, 0.2) is 0 Å². The van der Waals surface area contributed by atoms with Crippen molar-refractivity contribution in [1.82, 2.24) is 4.98 Å². The van der Waals surface area contributed by atoms with Crippen LogP contribution in [0.1, 0.15) is 11.1 Å². The molecule has 0 spiro atoms. The van der Waals surface area contributed by atoms with Crippen molar-refractivity contribution in [1.29, 1.82) is 0 Å². The van der Waals surface area contributed by atoms with E-state index in [1.807, 2.05) is 12.1 Å². The van der Waals surface area contributed by atoms with Gasteiger partial charge < -0.3 is 14.6 Å². The molecule has 0 saturated heterocycles. The normalized spacial score (nSPS) is 10.7. The van der Waals surface area contributed by atoms with Crippen molar-refractivity contribution in [2.45, 2.75) is 6.61 Å². The summed E-state index contributed by atoms with van der Waals surface area (Å²) >= 11 is 6.00. The van der Waals surface area contributed by atoms with Crippen molar-refractivity contribution >= 4 is 23.6 Å². The van der Waals surface area contributed by atoms with Gasteiger partial charge in [-0.15, -0.1) is 0 Å². The summed E-state index contributed by atoms with van der Waals surface area (Å²) in [5.74, 6) is 0.541. The first kappa shape index (κ1) is 18.5. The molecule has 5 nitrogen and oxygen atoms in total. The number of carboxylic acids is 1. The fraction of sp³-hybridized carbons (Fsp3) is 0.0476. The van der Waals surface area contributed by atoms with E-state index in [4.69, 9.17) is 26.2 Å². The quantitative estimate of drug-likeness (QED) is 0.569. The summed E-state index contributed by atoms with van der Waals surface area (Å²) in [5.41, 5.74) is 1.54. The maximum absolute atomic E-state index is 10.8. The van der Waals surface area contributed by atoms with Gasteiger partial charge in [-0.1, -0.05) is 23.7 Å². The molecule has 1 aromatic heterocycles. The zero-order valence-corrected chi connectivity index (χ0v) is 15.0. The molecule has 3 aromatic rings. The van der Waals surface area contributed by atoms with Crippen molar-refractivity contribution in [3.8, 4) is 17.2 Å². The Morgan fingerprint density at radius 2 is 2.00 bits per heavy atom. The van der Waals surface area contributed by atoms with Crippen molar-refractivity contribution in [3.63, 3.8) is 0 Å². The maximum Gasteiger partial charge on any atom is 0.328 e. The molecule has 0 radical (unpaired) electrons. The molecule has 27 heavy (non-hydrogen) atoms. The second kappa shape index (κ2) is 8.87. The Labute approximate surface area is 161 Å². The number of benzene rings is 2. The third-order valence-corrected chi connectivity index (χ3v) is 3.78. The summed E-state index contributed by atoms with van der Waals surface area (Å²) in [7, 11) is 0. The largest absolute Gasteiger partial charge is 0.489 e. The molecule has 0 saturated carbocycles. The Morgan fingerprint density at radius 1 is 1.11 bits per heavy atom. The van der Waals surface area contributed by atoms with Crippen LogP contribution < -0.4 is 9.47 Å². The first-order valence-electron chi connectivity index (χ1n) is 8.10. The van der Waals surface area contributed by atoms with Crippen LogP contribution in [0.2, 0.25) is 5.02 Å². The number of carboxylic acid groups (broad SMARTS) is 1. The third-order valence-electron chi connectivity index (χ3n) is 3.54. The Morgan fingerprint density at radius 3 is 2.74 bits per heavy atom. The van der Waals surface area contributed by atoms with E-state index in [2.05, 4.69) is 4.98 Å². The van der Waals surface area contributed by atoms with E-state index in [-0.39, 0.29) is 0 Å². The van der Waals surface area contributed by atoms with Crippen molar-refractivity contribution in [3.05, 3.63) is 89.2 Å². The summed E-state index contributed by atoms with van der Waals surface area (Å²) in [4.78, 5) is 14.9. The van der Waals surface area contributed by atoms with E-state index in [1.54, 1.807) is 54.9 Å². The van der Waals surface area contributed by atoms with Gasteiger partial charge in [0.1, 0.15) is 23.9 Å². The van der Waals surface area contributed by atoms with Crippen LogP contribution in [-0.2, 0) is 11.4 Å². The average Bonchev–Trinajstić information content (AvgIpc) is 2.66. The fourth-order valence-electron chi connectivity index (χ4n) is 2.30. The number of halogens is 1. The zero-order valence-electron chi connectivity index (χ0n) is 14.2. The van der Waals surface area contributed by atoms with Crippen LogP contribution in [-0.4, -0.2) is 16.1 Å². The van der Waals surface area contributed by atoms with E-state index >= 15 is 0 Å². The van der Waals surface area contributed by atoms with E-state index in [1.165, 1.54) is 6.08 Å². The summed E-state index contributed by atoms with van der Waals surface area (Å²) in [6.07, 6.45) is 5.95. The molecule has 6 heteroatoms. The van der Waals surface area contributed by atoms with Gasteiger partial charge in [0.05, 0.1) is 0 Å². The highest BCUT2D eigenvalue weighted by molar-refractivity contribution is 6.30. The highest BCUT2D eigenvalue weighted by Gasteiger charge is 2.07. The topological polar surface area (TPSA) is 68.7 Å². The highest BCUT2D eigenvalue weighted by atomic mass is 35.5. The number of nitrogens with zero attached hydrogens (tertiary/aromatic N) is 1. The van der Waals surface area contributed by atoms with Gasteiger partial charge in [0, 0.05) is 40.7 Å². The summed E-state index contributed by atoms with van der Waals surface area (Å²) in [6.45, 7) is 0.356. The number of pyridine rings is 1. The molecule has 2 aromatic carbocycles. The lowest BCUT2D eigenvalue weighted by Gasteiger charge is -2.12. The van der Waals surface area contributed by atoms with Crippen LogP contribution in [0, 0.1) is 0 Å². The van der Waals surface area contributed by atoms with Gasteiger partial charge >= 0.3 is 5.97 Å². The number of hydrogen-bond acceptors (Lipinski definition) is 4. The van der Waals surface area contributed by atoms with Gasteiger partial charge in [-0.25, -0.2) is 4.79 Å². The van der Waals surface area contributed by atoms with Crippen molar-refractivity contribution in [2.24, 2.45) is 0 Å².